The van der Waals surface area contributed by atoms with Crippen molar-refractivity contribution in [2.24, 2.45) is 5.92 Å². The third-order valence-electron chi connectivity index (χ3n) is 3.53. The molecule has 0 aromatic heterocycles. The molecule has 88 valence electrons. The molecule has 1 aliphatic rings. The van der Waals surface area contributed by atoms with Gasteiger partial charge in [0.2, 0.25) is 0 Å². The first-order chi connectivity index (χ1) is 7.70. The number of nitrogens with one attached hydrogen (secondary N) is 1. The molecule has 1 N–H and O–H groups in total. The van der Waals surface area contributed by atoms with Gasteiger partial charge >= 0.3 is 0 Å². The predicted molar refractivity (Wildman–Crippen MR) is 69.8 cm³/mol. The lowest BCUT2D eigenvalue weighted by molar-refractivity contribution is 0.554. The van der Waals surface area contributed by atoms with E-state index < -0.39 is 0 Å². The van der Waals surface area contributed by atoms with Crippen LogP contribution in [-0.4, -0.2) is 12.6 Å². The van der Waals surface area contributed by atoms with E-state index in [1.165, 1.54) is 24.1 Å². The van der Waals surface area contributed by atoms with Crippen molar-refractivity contribution < 1.29 is 0 Å². The molecular weight excluding hydrogens is 194 g/mol. The minimum absolute atomic E-state index is 0.615. The average molecular weight is 217 g/mol. The van der Waals surface area contributed by atoms with Crippen molar-refractivity contribution in [3.05, 3.63) is 35.4 Å². The molecule has 16 heavy (non-hydrogen) atoms. The molecule has 0 bridgehead atoms. The summed E-state index contributed by atoms with van der Waals surface area (Å²) in [6, 6.07) is 9.81. The van der Waals surface area contributed by atoms with Gasteiger partial charge in [-0.3, -0.25) is 0 Å². The van der Waals surface area contributed by atoms with E-state index in [0.717, 1.165) is 18.3 Å². The van der Waals surface area contributed by atoms with Crippen molar-refractivity contribution in [1.82, 2.24) is 5.32 Å². The molecule has 1 nitrogen and oxygen atoms in total. The summed E-state index contributed by atoms with van der Waals surface area (Å²) in [5, 5.41) is 3.53. The Kier molecular flexibility index (Phi) is 3.65. The molecule has 0 amide bonds. The molecule has 1 aromatic rings. The van der Waals surface area contributed by atoms with Crippen LogP contribution in [0.5, 0.6) is 0 Å². The maximum atomic E-state index is 3.53. The van der Waals surface area contributed by atoms with Crippen molar-refractivity contribution in [2.75, 3.05) is 6.54 Å². The van der Waals surface area contributed by atoms with Gasteiger partial charge in [0.1, 0.15) is 0 Å². The zero-order valence-electron chi connectivity index (χ0n) is 10.7. The fourth-order valence-corrected chi connectivity index (χ4v) is 2.27. The van der Waals surface area contributed by atoms with Crippen LogP contribution in [0.25, 0.3) is 0 Å². The molecule has 1 aliphatic carbocycles. The zero-order chi connectivity index (χ0) is 11.5. The smallest absolute Gasteiger partial charge is 0.00104 e. The van der Waals surface area contributed by atoms with Crippen LogP contribution in [0.1, 0.15) is 44.2 Å². The van der Waals surface area contributed by atoms with Crippen LogP contribution in [0.15, 0.2) is 24.3 Å². The van der Waals surface area contributed by atoms with Crippen molar-refractivity contribution in [1.29, 1.82) is 0 Å². The number of benzene rings is 1. The Morgan fingerprint density at radius 1 is 1.25 bits per heavy atom. The molecule has 1 saturated carbocycles. The van der Waals surface area contributed by atoms with Crippen LogP contribution in [0.4, 0.5) is 0 Å². The topological polar surface area (TPSA) is 12.0 Å². The molecular formula is C15H23N. The summed E-state index contributed by atoms with van der Waals surface area (Å²) in [5.74, 6) is 1.69. The van der Waals surface area contributed by atoms with Gasteiger partial charge in [-0.05, 0) is 42.3 Å². The van der Waals surface area contributed by atoms with E-state index in [2.05, 4.69) is 50.4 Å². The second-order valence-corrected chi connectivity index (χ2v) is 5.26. The maximum absolute atomic E-state index is 3.53. The summed E-state index contributed by atoms with van der Waals surface area (Å²) in [4.78, 5) is 0. The second kappa shape index (κ2) is 5.01. The lowest BCUT2D eigenvalue weighted by atomic mass is 10.1. The van der Waals surface area contributed by atoms with Crippen molar-refractivity contribution in [2.45, 2.75) is 45.6 Å². The first kappa shape index (κ1) is 11.7. The zero-order valence-corrected chi connectivity index (χ0v) is 10.7. The molecule has 0 saturated heterocycles. The molecule has 0 radical (unpaired) electrons. The van der Waals surface area contributed by atoms with E-state index in [1.54, 1.807) is 0 Å². The van der Waals surface area contributed by atoms with Crippen molar-refractivity contribution in [3.8, 4) is 0 Å². The standard InChI is InChI=1S/C15H23N/c1-4-12-5-7-13(8-6-12)15-9-14(15)10-16-11(2)3/h5-8,11,14-16H,4,9-10H2,1-3H3. The lowest BCUT2D eigenvalue weighted by Gasteiger charge is -2.07. The highest BCUT2D eigenvalue weighted by atomic mass is 14.9. The summed E-state index contributed by atoms with van der Waals surface area (Å²) < 4.78 is 0. The number of hydrogen-bond acceptors (Lipinski definition) is 1. The maximum Gasteiger partial charge on any atom is 0.00104 e. The van der Waals surface area contributed by atoms with Gasteiger partial charge in [0.15, 0.2) is 0 Å². The fourth-order valence-electron chi connectivity index (χ4n) is 2.27. The van der Waals surface area contributed by atoms with Gasteiger partial charge in [-0.15, -0.1) is 0 Å². The third kappa shape index (κ3) is 2.85. The van der Waals surface area contributed by atoms with E-state index >= 15 is 0 Å². The Morgan fingerprint density at radius 3 is 2.50 bits per heavy atom. The Bertz CT molecular complexity index is 326. The van der Waals surface area contributed by atoms with E-state index in [4.69, 9.17) is 0 Å². The van der Waals surface area contributed by atoms with Crippen LogP contribution < -0.4 is 5.32 Å². The van der Waals surface area contributed by atoms with Gasteiger partial charge in [0.05, 0.1) is 0 Å². The summed E-state index contributed by atoms with van der Waals surface area (Å²) in [6.45, 7) is 7.82. The van der Waals surface area contributed by atoms with Gasteiger partial charge in [-0.1, -0.05) is 45.0 Å². The Morgan fingerprint density at radius 2 is 1.94 bits per heavy atom. The lowest BCUT2D eigenvalue weighted by Crippen LogP contribution is -2.25. The molecule has 2 rings (SSSR count). The average Bonchev–Trinajstić information content (AvgIpc) is 3.06. The molecule has 1 aromatic carbocycles. The van der Waals surface area contributed by atoms with E-state index in [9.17, 15) is 0 Å². The van der Waals surface area contributed by atoms with Gasteiger partial charge in [-0.2, -0.15) is 0 Å². The third-order valence-corrected chi connectivity index (χ3v) is 3.53. The van der Waals surface area contributed by atoms with Gasteiger partial charge < -0.3 is 5.32 Å². The van der Waals surface area contributed by atoms with Crippen molar-refractivity contribution in [3.63, 3.8) is 0 Å². The highest BCUT2D eigenvalue weighted by Crippen LogP contribution is 2.46. The summed E-state index contributed by atoms with van der Waals surface area (Å²) in [6.07, 6.45) is 2.51. The van der Waals surface area contributed by atoms with E-state index in [1.807, 2.05) is 0 Å². The molecule has 0 heterocycles. The predicted octanol–water partition coefficient (Wildman–Crippen LogP) is 3.35. The van der Waals surface area contributed by atoms with Crippen LogP contribution in [0.2, 0.25) is 0 Å². The largest absolute Gasteiger partial charge is 0.314 e. The highest BCUT2D eigenvalue weighted by molar-refractivity contribution is 5.29. The quantitative estimate of drug-likeness (QED) is 0.797. The summed E-state index contributed by atoms with van der Waals surface area (Å²) in [5.41, 5.74) is 2.98. The van der Waals surface area contributed by atoms with Crippen LogP contribution in [0.3, 0.4) is 0 Å². The SMILES string of the molecule is CCc1ccc(C2CC2CNC(C)C)cc1. The molecule has 2 unspecified atom stereocenters. The second-order valence-electron chi connectivity index (χ2n) is 5.26. The van der Waals surface area contributed by atoms with Gasteiger partial charge in [-0.25, -0.2) is 0 Å². The van der Waals surface area contributed by atoms with E-state index in [-0.39, 0.29) is 0 Å². The molecule has 0 spiro atoms. The molecule has 1 heteroatoms. The number of rotatable bonds is 5. The Balaban J connectivity index is 1.85. The van der Waals surface area contributed by atoms with Crippen LogP contribution in [0, 0.1) is 5.92 Å². The first-order valence-corrected chi connectivity index (χ1v) is 6.53. The fraction of sp³-hybridized carbons (Fsp3) is 0.600. The Labute approximate surface area is 99.3 Å². The minimum Gasteiger partial charge on any atom is -0.314 e. The number of hydrogen-bond donors (Lipinski definition) is 1. The Hall–Kier alpha value is -0.820. The van der Waals surface area contributed by atoms with Crippen LogP contribution >= 0.6 is 0 Å². The minimum atomic E-state index is 0.615. The van der Waals surface area contributed by atoms with Gasteiger partial charge in [0, 0.05) is 6.04 Å². The van der Waals surface area contributed by atoms with Crippen LogP contribution in [-0.2, 0) is 6.42 Å². The highest BCUT2D eigenvalue weighted by Gasteiger charge is 2.37. The normalized spacial score (nSPS) is 23.8. The van der Waals surface area contributed by atoms with Gasteiger partial charge in [0.25, 0.3) is 0 Å². The first-order valence-electron chi connectivity index (χ1n) is 6.53. The summed E-state index contributed by atoms with van der Waals surface area (Å²) >= 11 is 0. The van der Waals surface area contributed by atoms with Crippen molar-refractivity contribution >= 4 is 0 Å². The van der Waals surface area contributed by atoms with E-state index in [0.29, 0.717) is 6.04 Å². The summed E-state index contributed by atoms with van der Waals surface area (Å²) in [7, 11) is 0. The molecule has 1 fully saturated rings. The molecule has 0 aliphatic heterocycles. The monoisotopic (exact) mass is 217 g/mol. The molecule has 2 atom stereocenters. The number of aryl methyl sites for hydroxylation is 1.